The number of hydrogen-bond acceptors (Lipinski definition) is 3. The molecule has 0 radical (unpaired) electrons. The zero-order chi connectivity index (χ0) is 13.8. The lowest BCUT2D eigenvalue weighted by Gasteiger charge is -2.08. The van der Waals surface area contributed by atoms with E-state index in [0.717, 1.165) is 25.7 Å². The average Bonchev–Trinajstić information content (AvgIpc) is 2.36. The molecule has 0 aliphatic carbocycles. The number of nitrogens with one attached hydrogen (secondary N) is 1. The van der Waals surface area contributed by atoms with E-state index >= 15 is 0 Å². The highest BCUT2D eigenvalue weighted by Gasteiger charge is 2.04. The number of hydrogen-bond donors (Lipinski definition) is 1. The maximum atomic E-state index is 11.3. The standard InChI is InChI=1S/C11H20N4O3/c1-9(18-2)6-4-3-5-7-10(16)13-8-11(17)14-15-12/h9H,3-8H2,1-2H3,(H,13,16). The van der Waals surface area contributed by atoms with E-state index in [1.165, 1.54) is 0 Å². The summed E-state index contributed by atoms with van der Waals surface area (Å²) < 4.78 is 5.11. The van der Waals surface area contributed by atoms with Crippen LogP contribution in [0.4, 0.5) is 0 Å². The van der Waals surface area contributed by atoms with E-state index in [4.69, 9.17) is 10.3 Å². The van der Waals surface area contributed by atoms with Crippen molar-refractivity contribution in [3.05, 3.63) is 10.4 Å². The largest absolute Gasteiger partial charge is 0.382 e. The summed E-state index contributed by atoms with van der Waals surface area (Å²) in [7, 11) is 1.68. The molecule has 7 heteroatoms. The Kier molecular flexibility index (Phi) is 9.62. The third-order valence-electron chi connectivity index (χ3n) is 2.51. The van der Waals surface area contributed by atoms with Crippen molar-refractivity contribution in [3.8, 4) is 0 Å². The van der Waals surface area contributed by atoms with Gasteiger partial charge in [0.05, 0.1) is 12.6 Å². The normalized spacial score (nSPS) is 11.4. The molecule has 7 nitrogen and oxygen atoms in total. The van der Waals surface area contributed by atoms with Crippen LogP contribution in [0, 0.1) is 0 Å². The van der Waals surface area contributed by atoms with Gasteiger partial charge in [-0.1, -0.05) is 12.8 Å². The molecule has 18 heavy (non-hydrogen) atoms. The molecule has 0 aromatic heterocycles. The topological polar surface area (TPSA) is 104 Å². The predicted octanol–water partition coefficient (Wildman–Crippen LogP) is 1.92. The van der Waals surface area contributed by atoms with E-state index in [1.54, 1.807) is 7.11 Å². The Balaban J connectivity index is 3.48. The van der Waals surface area contributed by atoms with Gasteiger partial charge in [0, 0.05) is 18.4 Å². The molecule has 0 aromatic rings. The molecule has 0 rings (SSSR count). The number of methoxy groups -OCH3 is 1. The first kappa shape index (κ1) is 16.4. The molecule has 0 fully saturated rings. The minimum atomic E-state index is -0.681. The van der Waals surface area contributed by atoms with Crippen molar-refractivity contribution >= 4 is 11.8 Å². The van der Waals surface area contributed by atoms with Crippen LogP contribution in [0.2, 0.25) is 0 Å². The van der Waals surface area contributed by atoms with Gasteiger partial charge in [-0.2, -0.15) is 0 Å². The highest BCUT2D eigenvalue weighted by atomic mass is 16.5. The fourth-order valence-corrected chi connectivity index (χ4v) is 1.36. The van der Waals surface area contributed by atoms with Crippen molar-refractivity contribution < 1.29 is 14.3 Å². The minimum absolute atomic E-state index is 0.198. The number of rotatable bonds is 9. The predicted molar refractivity (Wildman–Crippen MR) is 66.7 cm³/mol. The van der Waals surface area contributed by atoms with Crippen LogP contribution < -0.4 is 5.32 Å². The Bertz CT molecular complexity index is 313. The smallest absolute Gasteiger partial charge is 0.237 e. The summed E-state index contributed by atoms with van der Waals surface area (Å²) >= 11 is 0. The number of amides is 2. The van der Waals surface area contributed by atoms with E-state index < -0.39 is 5.91 Å². The van der Waals surface area contributed by atoms with Gasteiger partial charge in [-0.15, -0.1) is 0 Å². The highest BCUT2D eigenvalue weighted by Crippen LogP contribution is 2.07. The maximum Gasteiger partial charge on any atom is 0.237 e. The third-order valence-corrected chi connectivity index (χ3v) is 2.51. The molecule has 2 amide bonds. The Morgan fingerprint density at radius 3 is 2.72 bits per heavy atom. The van der Waals surface area contributed by atoms with Gasteiger partial charge in [0.15, 0.2) is 0 Å². The van der Waals surface area contributed by atoms with Crippen LogP contribution in [0.5, 0.6) is 0 Å². The molecular weight excluding hydrogens is 236 g/mol. The van der Waals surface area contributed by atoms with Crippen molar-refractivity contribution in [2.24, 2.45) is 5.11 Å². The molecule has 102 valence electrons. The van der Waals surface area contributed by atoms with E-state index in [9.17, 15) is 9.59 Å². The molecule has 0 spiro atoms. The lowest BCUT2D eigenvalue weighted by atomic mass is 10.1. The van der Waals surface area contributed by atoms with E-state index in [-0.39, 0.29) is 18.6 Å². The summed E-state index contributed by atoms with van der Waals surface area (Å²) in [5.74, 6) is -0.879. The number of ether oxygens (including phenoxy) is 1. The zero-order valence-corrected chi connectivity index (χ0v) is 10.9. The molecule has 1 N–H and O–H groups in total. The summed E-state index contributed by atoms with van der Waals surface area (Å²) in [5, 5.41) is 5.25. The molecule has 0 aliphatic heterocycles. The first-order chi connectivity index (χ1) is 8.60. The van der Waals surface area contributed by atoms with Crippen LogP contribution >= 0.6 is 0 Å². The second kappa shape index (κ2) is 10.6. The van der Waals surface area contributed by atoms with Crippen LogP contribution in [0.1, 0.15) is 39.0 Å². The van der Waals surface area contributed by atoms with Crippen LogP contribution in [0.15, 0.2) is 5.11 Å². The monoisotopic (exact) mass is 256 g/mol. The molecule has 0 aliphatic rings. The SMILES string of the molecule is COC(C)CCCCCC(=O)NCC(=O)N=[N+]=[N-]. The van der Waals surface area contributed by atoms with Crippen molar-refractivity contribution in [1.29, 1.82) is 0 Å². The number of unbranched alkanes of at least 4 members (excludes halogenated alkanes) is 2. The first-order valence-corrected chi connectivity index (χ1v) is 5.97. The fraction of sp³-hybridized carbons (Fsp3) is 0.818. The number of azide groups is 1. The number of carbonyl (C=O) groups excluding carboxylic acids is 2. The molecule has 0 saturated heterocycles. The van der Waals surface area contributed by atoms with Gasteiger partial charge in [0.25, 0.3) is 0 Å². The zero-order valence-electron chi connectivity index (χ0n) is 10.9. The Morgan fingerprint density at radius 1 is 1.39 bits per heavy atom. The summed E-state index contributed by atoms with van der Waals surface area (Å²) in [6, 6.07) is 0. The highest BCUT2D eigenvalue weighted by molar-refractivity contribution is 5.84. The Labute approximate surface area is 107 Å². The van der Waals surface area contributed by atoms with Crippen LogP contribution in [0.3, 0.4) is 0 Å². The number of carbonyl (C=O) groups is 2. The van der Waals surface area contributed by atoms with Crippen molar-refractivity contribution in [2.75, 3.05) is 13.7 Å². The van der Waals surface area contributed by atoms with Gasteiger partial charge in [-0.05, 0) is 30.4 Å². The van der Waals surface area contributed by atoms with Gasteiger partial charge < -0.3 is 10.1 Å². The van der Waals surface area contributed by atoms with Crippen molar-refractivity contribution in [1.82, 2.24) is 5.32 Å². The lowest BCUT2D eigenvalue weighted by Crippen LogP contribution is -2.28. The van der Waals surface area contributed by atoms with Gasteiger partial charge in [0.1, 0.15) is 0 Å². The van der Waals surface area contributed by atoms with Crippen LogP contribution in [-0.2, 0) is 14.3 Å². The quantitative estimate of drug-likeness (QED) is 0.295. The molecule has 1 unspecified atom stereocenters. The van der Waals surface area contributed by atoms with Gasteiger partial charge in [-0.3, -0.25) is 9.59 Å². The Hall–Kier alpha value is -1.59. The lowest BCUT2D eigenvalue weighted by molar-refractivity contribution is -0.124. The van der Waals surface area contributed by atoms with Gasteiger partial charge >= 0.3 is 0 Å². The van der Waals surface area contributed by atoms with E-state index in [0.29, 0.717) is 6.42 Å². The summed E-state index contributed by atoms with van der Waals surface area (Å²) in [4.78, 5) is 24.4. The van der Waals surface area contributed by atoms with Crippen molar-refractivity contribution in [2.45, 2.75) is 45.1 Å². The second-order valence-corrected chi connectivity index (χ2v) is 4.01. The molecule has 0 aromatic carbocycles. The van der Waals surface area contributed by atoms with Crippen LogP contribution in [0.25, 0.3) is 10.4 Å². The van der Waals surface area contributed by atoms with E-state index in [2.05, 4.69) is 15.3 Å². The third kappa shape index (κ3) is 9.62. The van der Waals surface area contributed by atoms with Gasteiger partial charge in [0.2, 0.25) is 11.8 Å². The number of nitrogens with zero attached hydrogens (tertiary/aromatic N) is 3. The van der Waals surface area contributed by atoms with Crippen LogP contribution in [-0.4, -0.2) is 31.6 Å². The fourth-order valence-electron chi connectivity index (χ4n) is 1.36. The van der Waals surface area contributed by atoms with Crippen molar-refractivity contribution in [3.63, 3.8) is 0 Å². The molecule has 0 bridgehead atoms. The van der Waals surface area contributed by atoms with E-state index in [1.807, 2.05) is 6.92 Å². The molecular formula is C11H20N4O3. The Morgan fingerprint density at radius 2 is 2.11 bits per heavy atom. The minimum Gasteiger partial charge on any atom is -0.382 e. The first-order valence-electron chi connectivity index (χ1n) is 5.97. The molecule has 0 saturated carbocycles. The summed E-state index contributed by atoms with van der Waals surface area (Å²) in [5.41, 5.74) is 7.98. The molecule has 0 heterocycles. The van der Waals surface area contributed by atoms with Gasteiger partial charge in [-0.25, -0.2) is 0 Å². The second-order valence-electron chi connectivity index (χ2n) is 4.01. The molecule has 1 atom stereocenters. The maximum absolute atomic E-state index is 11.3. The average molecular weight is 256 g/mol. The summed E-state index contributed by atoms with van der Waals surface area (Å²) in [6.07, 6.45) is 4.35. The summed E-state index contributed by atoms with van der Waals surface area (Å²) in [6.45, 7) is 1.78.